The first kappa shape index (κ1) is 15.0. The zero-order chi connectivity index (χ0) is 17.2. The number of anilines is 1. The summed E-state index contributed by atoms with van der Waals surface area (Å²) in [6, 6.07) is 15.0. The normalized spacial score (nSPS) is 10.8. The van der Waals surface area contributed by atoms with Crippen LogP contribution in [0.15, 0.2) is 65.7 Å². The van der Waals surface area contributed by atoms with Crippen molar-refractivity contribution in [2.24, 2.45) is 0 Å². The average Bonchev–Trinajstić information content (AvgIpc) is 2.68. The van der Waals surface area contributed by atoms with Gasteiger partial charge >= 0.3 is 0 Å². The highest BCUT2D eigenvalue weighted by Crippen LogP contribution is 2.30. The van der Waals surface area contributed by atoms with Gasteiger partial charge in [0.25, 0.3) is 0 Å². The van der Waals surface area contributed by atoms with E-state index in [0.29, 0.717) is 22.6 Å². The second-order valence-corrected chi connectivity index (χ2v) is 5.51. The molecule has 2 N–H and O–H groups in total. The van der Waals surface area contributed by atoms with Gasteiger partial charge in [-0.1, -0.05) is 30.3 Å². The molecule has 25 heavy (non-hydrogen) atoms. The van der Waals surface area contributed by atoms with Crippen LogP contribution in [0, 0.1) is 0 Å². The largest absolute Gasteiger partial charge is 0.373 e. The van der Waals surface area contributed by atoms with Crippen molar-refractivity contribution in [1.29, 1.82) is 0 Å². The molecule has 0 saturated heterocycles. The third-order valence-corrected chi connectivity index (χ3v) is 3.92. The standard InChI is InChI=1S/C19H15N5O/c1-20-15-11-13(7-9-21-15)17-16(12-5-3-2-4-6-12)24-19-18(23-17)14(25)8-10-22-19/h2-11H,1H3,(H,20,21)(H,22,24,25). The first-order valence-corrected chi connectivity index (χ1v) is 7.85. The molecule has 0 amide bonds. The molecule has 1 aromatic carbocycles. The summed E-state index contributed by atoms with van der Waals surface area (Å²) in [6.07, 6.45) is 3.29. The highest BCUT2D eigenvalue weighted by molar-refractivity contribution is 5.84. The molecule has 4 rings (SSSR count). The zero-order valence-corrected chi connectivity index (χ0v) is 13.5. The molecule has 0 radical (unpaired) electrons. The van der Waals surface area contributed by atoms with E-state index in [1.165, 1.54) is 6.07 Å². The fraction of sp³-hybridized carbons (Fsp3) is 0.0526. The van der Waals surface area contributed by atoms with E-state index in [2.05, 4.69) is 25.3 Å². The maximum absolute atomic E-state index is 12.2. The van der Waals surface area contributed by atoms with E-state index in [1.54, 1.807) is 19.4 Å². The predicted octanol–water partition coefficient (Wildman–Crippen LogP) is 3.09. The van der Waals surface area contributed by atoms with Crippen LogP contribution in [0.25, 0.3) is 33.7 Å². The molecule has 0 fully saturated rings. The fourth-order valence-electron chi connectivity index (χ4n) is 2.70. The summed E-state index contributed by atoms with van der Waals surface area (Å²) in [5.74, 6) is 0.723. The molecule has 0 unspecified atom stereocenters. The maximum Gasteiger partial charge on any atom is 0.209 e. The highest BCUT2D eigenvalue weighted by Gasteiger charge is 2.15. The van der Waals surface area contributed by atoms with Gasteiger partial charge in [0.1, 0.15) is 5.82 Å². The number of nitrogens with one attached hydrogen (secondary N) is 2. The van der Waals surface area contributed by atoms with Crippen molar-refractivity contribution < 1.29 is 0 Å². The lowest BCUT2D eigenvalue weighted by Gasteiger charge is -2.10. The molecule has 3 aromatic heterocycles. The molecule has 0 spiro atoms. The number of aromatic amines is 1. The lowest BCUT2D eigenvalue weighted by atomic mass is 10.0. The topological polar surface area (TPSA) is 83.6 Å². The predicted molar refractivity (Wildman–Crippen MR) is 98.4 cm³/mol. The number of pyridine rings is 2. The minimum absolute atomic E-state index is 0.162. The minimum atomic E-state index is -0.162. The first-order chi connectivity index (χ1) is 12.3. The van der Waals surface area contributed by atoms with Crippen molar-refractivity contribution in [3.63, 3.8) is 0 Å². The van der Waals surface area contributed by atoms with E-state index in [1.807, 2.05) is 42.5 Å². The summed E-state index contributed by atoms with van der Waals surface area (Å²) < 4.78 is 0. The molecule has 6 nitrogen and oxygen atoms in total. The summed E-state index contributed by atoms with van der Waals surface area (Å²) in [5, 5.41) is 3.02. The Morgan fingerprint density at radius 3 is 2.56 bits per heavy atom. The third-order valence-electron chi connectivity index (χ3n) is 3.92. The van der Waals surface area contributed by atoms with E-state index in [0.717, 1.165) is 16.9 Å². The molecule has 0 atom stereocenters. The molecular formula is C19H15N5O. The Bertz CT molecular complexity index is 1110. The summed E-state index contributed by atoms with van der Waals surface area (Å²) in [4.78, 5) is 28.7. The number of fused-ring (bicyclic) bond motifs is 1. The van der Waals surface area contributed by atoms with Gasteiger partial charge in [-0.3, -0.25) is 4.79 Å². The van der Waals surface area contributed by atoms with Crippen molar-refractivity contribution in [2.75, 3.05) is 12.4 Å². The van der Waals surface area contributed by atoms with Gasteiger partial charge in [-0.2, -0.15) is 0 Å². The van der Waals surface area contributed by atoms with Crippen LogP contribution in [0.3, 0.4) is 0 Å². The van der Waals surface area contributed by atoms with Crippen molar-refractivity contribution in [1.82, 2.24) is 19.9 Å². The fourth-order valence-corrected chi connectivity index (χ4v) is 2.70. The zero-order valence-electron chi connectivity index (χ0n) is 13.5. The number of nitrogens with zero attached hydrogens (tertiary/aromatic N) is 3. The molecule has 0 aliphatic carbocycles. The second kappa shape index (κ2) is 6.16. The minimum Gasteiger partial charge on any atom is -0.373 e. The summed E-state index contributed by atoms with van der Waals surface area (Å²) in [7, 11) is 1.81. The molecule has 0 bridgehead atoms. The number of benzene rings is 1. The summed E-state index contributed by atoms with van der Waals surface area (Å²) in [6.45, 7) is 0. The Morgan fingerprint density at radius 2 is 1.76 bits per heavy atom. The van der Waals surface area contributed by atoms with Crippen LogP contribution in [0.4, 0.5) is 5.82 Å². The Kier molecular flexibility index (Phi) is 3.70. The Labute approximate surface area is 143 Å². The van der Waals surface area contributed by atoms with Crippen LogP contribution in [0.2, 0.25) is 0 Å². The summed E-state index contributed by atoms with van der Waals surface area (Å²) >= 11 is 0. The van der Waals surface area contributed by atoms with Gasteiger partial charge in [0.05, 0.1) is 11.4 Å². The number of aromatic nitrogens is 4. The lowest BCUT2D eigenvalue weighted by molar-refractivity contribution is 1.21. The number of H-pyrrole nitrogens is 1. The average molecular weight is 329 g/mol. The van der Waals surface area contributed by atoms with E-state index in [-0.39, 0.29) is 5.43 Å². The molecule has 0 aliphatic heterocycles. The van der Waals surface area contributed by atoms with Crippen LogP contribution >= 0.6 is 0 Å². The van der Waals surface area contributed by atoms with E-state index in [9.17, 15) is 4.79 Å². The smallest absolute Gasteiger partial charge is 0.209 e. The number of hydrogen-bond acceptors (Lipinski definition) is 5. The molecule has 122 valence electrons. The lowest BCUT2D eigenvalue weighted by Crippen LogP contribution is -2.07. The molecular weight excluding hydrogens is 314 g/mol. The van der Waals surface area contributed by atoms with Gasteiger partial charge < -0.3 is 10.3 Å². The quantitative estimate of drug-likeness (QED) is 0.603. The SMILES string of the molecule is CNc1cc(-c2nc3c(=O)cc[nH]c3nc2-c2ccccc2)ccn1. The summed E-state index contributed by atoms with van der Waals surface area (Å²) in [5.41, 5.74) is 3.76. The van der Waals surface area contributed by atoms with E-state index < -0.39 is 0 Å². The van der Waals surface area contributed by atoms with Crippen LogP contribution in [-0.4, -0.2) is 27.0 Å². The Hall–Kier alpha value is -3.54. The molecule has 0 saturated carbocycles. The van der Waals surface area contributed by atoms with Crippen molar-refractivity contribution in [3.05, 3.63) is 71.1 Å². The van der Waals surface area contributed by atoms with Gasteiger partial charge in [0.15, 0.2) is 11.2 Å². The van der Waals surface area contributed by atoms with E-state index in [4.69, 9.17) is 0 Å². The van der Waals surface area contributed by atoms with Gasteiger partial charge in [-0.05, 0) is 12.1 Å². The Morgan fingerprint density at radius 1 is 0.960 bits per heavy atom. The molecule has 0 aliphatic rings. The monoisotopic (exact) mass is 329 g/mol. The maximum atomic E-state index is 12.2. The molecule has 4 aromatic rings. The van der Waals surface area contributed by atoms with Gasteiger partial charge in [0, 0.05) is 36.6 Å². The van der Waals surface area contributed by atoms with Crippen molar-refractivity contribution in [2.45, 2.75) is 0 Å². The van der Waals surface area contributed by atoms with Crippen LogP contribution in [0.5, 0.6) is 0 Å². The third kappa shape index (κ3) is 2.74. The van der Waals surface area contributed by atoms with Crippen LogP contribution in [0.1, 0.15) is 0 Å². The second-order valence-electron chi connectivity index (χ2n) is 5.51. The van der Waals surface area contributed by atoms with Crippen LogP contribution < -0.4 is 10.7 Å². The van der Waals surface area contributed by atoms with Crippen molar-refractivity contribution >= 4 is 17.0 Å². The first-order valence-electron chi connectivity index (χ1n) is 7.85. The van der Waals surface area contributed by atoms with Gasteiger partial charge in [-0.25, -0.2) is 15.0 Å². The molecule has 3 heterocycles. The number of rotatable bonds is 3. The van der Waals surface area contributed by atoms with Gasteiger partial charge in [-0.15, -0.1) is 0 Å². The Balaban J connectivity index is 2.06. The van der Waals surface area contributed by atoms with Gasteiger partial charge in [0.2, 0.25) is 5.43 Å². The van der Waals surface area contributed by atoms with E-state index >= 15 is 0 Å². The van der Waals surface area contributed by atoms with Crippen LogP contribution in [-0.2, 0) is 0 Å². The number of hydrogen-bond donors (Lipinski definition) is 2. The highest BCUT2D eigenvalue weighted by atomic mass is 16.1. The molecule has 6 heteroatoms. The van der Waals surface area contributed by atoms with Crippen molar-refractivity contribution in [3.8, 4) is 22.5 Å².